The maximum Gasteiger partial charge on any atom is 0.224 e. The molecule has 25 heavy (non-hydrogen) atoms. The molecule has 0 spiro atoms. The highest BCUT2D eigenvalue weighted by Gasteiger charge is 2.31. The van der Waals surface area contributed by atoms with E-state index in [9.17, 15) is 9.18 Å². The molecule has 2 aromatic rings. The van der Waals surface area contributed by atoms with Crippen molar-refractivity contribution in [3.63, 3.8) is 0 Å². The van der Waals surface area contributed by atoms with Crippen LogP contribution in [0.2, 0.25) is 0 Å². The van der Waals surface area contributed by atoms with Gasteiger partial charge >= 0.3 is 0 Å². The molecule has 1 atom stereocenters. The summed E-state index contributed by atoms with van der Waals surface area (Å²) in [5.74, 6) is 1.16. The fourth-order valence-corrected chi connectivity index (χ4v) is 3.37. The van der Waals surface area contributed by atoms with Gasteiger partial charge in [-0.25, -0.2) is 4.39 Å². The second-order valence-electron chi connectivity index (χ2n) is 7.02. The molecule has 1 aromatic heterocycles. The predicted octanol–water partition coefficient (Wildman–Crippen LogP) is 3.68. The van der Waals surface area contributed by atoms with Gasteiger partial charge in [0.05, 0.1) is 12.8 Å². The van der Waals surface area contributed by atoms with Crippen LogP contribution in [0.15, 0.2) is 47.1 Å². The molecule has 1 saturated heterocycles. The first-order valence-corrected chi connectivity index (χ1v) is 8.81. The Morgan fingerprint density at radius 1 is 1.20 bits per heavy atom. The van der Waals surface area contributed by atoms with Crippen LogP contribution < -0.4 is 0 Å². The maximum absolute atomic E-state index is 13.1. The van der Waals surface area contributed by atoms with Gasteiger partial charge in [0, 0.05) is 32.1 Å². The normalized spacial score (nSPS) is 19.4. The van der Waals surface area contributed by atoms with E-state index in [1.165, 1.54) is 12.1 Å². The van der Waals surface area contributed by atoms with E-state index in [2.05, 4.69) is 18.7 Å². The van der Waals surface area contributed by atoms with Gasteiger partial charge in [-0.05, 0) is 35.7 Å². The van der Waals surface area contributed by atoms with Crippen LogP contribution in [0.3, 0.4) is 0 Å². The Kier molecular flexibility index (Phi) is 5.53. The monoisotopic (exact) mass is 344 g/mol. The van der Waals surface area contributed by atoms with Gasteiger partial charge < -0.3 is 9.32 Å². The summed E-state index contributed by atoms with van der Waals surface area (Å²) in [5.41, 5.74) is 0.958. The fraction of sp³-hybridized carbons (Fsp3) is 0.450. The van der Waals surface area contributed by atoms with Gasteiger partial charge in [0.15, 0.2) is 0 Å². The molecule has 0 N–H and O–H groups in total. The molecule has 0 saturated carbocycles. The van der Waals surface area contributed by atoms with Crippen LogP contribution in [0, 0.1) is 11.7 Å². The molecule has 1 amide bonds. The van der Waals surface area contributed by atoms with Gasteiger partial charge in [0.2, 0.25) is 5.91 Å². The van der Waals surface area contributed by atoms with E-state index in [4.69, 9.17) is 4.42 Å². The highest BCUT2D eigenvalue weighted by atomic mass is 19.1. The lowest BCUT2D eigenvalue weighted by Gasteiger charge is -2.34. The minimum absolute atomic E-state index is 0.120. The lowest BCUT2D eigenvalue weighted by Crippen LogP contribution is -2.45. The maximum atomic E-state index is 13.1. The van der Waals surface area contributed by atoms with Gasteiger partial charge in [0.25, 0.3) is 0 Å². The number of carbonyl (C=O) groups excluding carboxylic acids is 1. The number of amides is 1. The van der Waals surface area contributed by atoms with E-state index < -0.39 is 0 Å². The van der Waals surface area contributed by atoms with Crippen LogP contribution >= 0.6 is 0 Å². The van der Waals surface area contributed by atoms with Crippen LogP contribution in [-0.2, 0) is 17.9 Å². The van der Waals surface area contributed by atoms with Crippen molar-refractivity contribution in [3.8, 4) is 0 Å². The van der Waals surface area contributed by atoms with Gasteiger partial charge in [0.1, 0.15) is 11.6 Å². The van der Waals surface area contributed by atoms with Crippen molar-refractivity contribution in [2.75, 3.05) is 13.1 Å². The summed E-state index contributed by atoms with van der Waals surface area (Å²) in [6.07, 6.45) is 2.17. The number of halogens is 1. The largest absolute Gasteiger partial charge is 0.468 e. The molecule has 4 nitrogen and oxygen atoms in total. The highest BCUT2D eigenvalue weighted by molar-refractivity contribution is 5.77. The summed E-state index contributed by atoms with van der Waals surface area (Å²) in [6, 6.07) is 10.4. The third-order valence-corrected chi connectivity index (χ3v) is 4.80. The molecular formula is C20H25FN2O2. The average molecular weight is 344 g/mol. The van der Waals surface area contributed by atoms with Crippen LogP contribution in [0.4, 0.5) is 4.39 Å². The van der Waals surface area contributed by atoms with E-state index in [1.807, 2.05) is 17.0 Å². The van der Waals surface area contributed by atoms with E-state index in [-0.39, 0.29) is 17.8 Å². The zero-order valence-electron chi connectivity index (χ0n) is 14.8. The van der Waals surface area contributed by atoms with Crippen molar-refractivity contribution in [1.82, 2.24) is 9.80 Å². The van der Waals surface area contributed by atoms with E-state index in [1.54, 1.807) is 18.4 Å². The van der Waals surface area contributed by atoms with E-state index >= 15 is 0 Å². The summed E-state index contributed by atoms with van der Waals surface area (Å²) in [6.45, 7) is 7.07. The first kappa shape index (κ1) is 17.7. The first-order valence-electron chi connectivity index (χ1n) is 8.81. The standard InChI is InChI=1S/C20H25FN2O2/c1-15(2)19-14-22(13-18-4-3-11-25-18)10-9-20(24)23(19)12-16-5-7-17(21)8-6-16/h3-8,11,15,19H,9-10,12-14H2,1-2H3/t19-/m1/s1. The van der Waals surface area contributed by atoms with Crippen LogP contribution in [0.5, 0.6) is 0 Å². The molecule has 134 valence electrons. The number of carbonyl (C=O) groups is 1. The zero-order valence-corrected chi connectivity index (χ0v) is 14.8. The van der Waals surface area contributed by atoms with Crippen molar-refractivity contribution >= 4 is 5.91 Å². The average Bonchev–Trinajstić information content (AvgIpc) is 3.04. The van der Waals surface area contributed by atoms with E-state index in [0.29, 0.717) is 25.4 Å². The Labute approximate surface area is 148 Å². The quantitative estimate of drug-likeness (QED) is 0.830. The highest BCUT2D eigenvalue weighted by Crippen LogP contribution is 2.22. The van der Waals surface area contributed by atoms with E-state index in [0.717, 1.165) is 24.4 Å². The summed E-state index contributed by atoms with van der Waals surface area (Å²) in [7, 11) is 0. The van der Waals surface area contributed by atoms with Crippen molar-refractivity contribution in [1.29, 1.82) is 0 Å². The Morgan fingerprint density at radius 3 is 2.60 bits per heavy atom. The number of rotatable bonds is 5. The second-order valence-corrected chi connectivity index (χ2v) is 7.02. The molecule has 3 rings (SSSR count). The van der Waals surface area contributed by atoms with Gasteiger partial charge in [-0.15, -0.1) is 0 Å². The third kappa shape index (κ3) is 4.48. The molecule has 1 aromatic carbocycles. The molecule has 0 aliphatic carbocycles. The number of hydrogen-bond acceptors (Lipinski definition) is 3. The number of hydrogen-bond donors (Lipinski definition) is 0. The molecule has 0 unspecified atom stereocenters. The van der Waals surface area contributed by atoms with Gasteiger partial charge in [-0.3, -0.25) is 9.69 Å². The minimum Gasteiger partial charge on any atom is -0.468 e. The van der Waals surface area contributed by atoms with Crippen molar-refractivity contribution in [2.24, 2.45) is 5.92 Å². The van der Waals surface area contributed by atoms with Crippen LogP contribution in [0.1, 0.15) is 31.6 Å². The molecule has 1 aliphatic heterocycles. The molecule has 5 heteroatoms. The molecule has 0 bridgehead atoms. The van der Waals surface area contributed by atoms with Crippen LogP contribution in [0.25, 0.3) is 0 Å². The van der Waals surface area contributed by atoms with Crippen molar-refractivity contribution in [2.45, 2.75) is 39.4 Å². The predicted molar refractivity (Wildman–Crippen MR) is 94.2 cm³/mol. The smallest absolute Gasteiger partial charge is 0.224 e. The minimum atomic E-state index is -0.254. The third-order valence-electron chi connectivity index (χ3n) is 4.80. The molecule has 2 heterocycles. The summed E-state index contributed by atoms with van der Waals surface area (Å²) < 4.78 is 18.6. The van der Waals surface area contributed by atoms with Crippen molar-refractivity contribution in [3.05, 3.63) is 59.8 Å². The Balaban J connectivity index is 1.76. The fourth-order valence-electron chi connectivity index (χ4n) is 3.37. The zero-order chi connectivity index (χ0) is 17.8. The Bertz CT molecular complexity index is 682. The van der Waals surface area contributed by atoms with Gasteiger partial charge in [-0.2, -0.15) is 0 Å². The second kappa shape index (κ2) is 7.83. The molecule has 0 radical (unpaired) electrons. The lowest BCUT2D eigenvalue weighted by molar-refractivity contribution is -0.134. The molecular weight excluding hydrogens is 319 g/mol. The Hall–Kier alpha value is -2.14. The topological polar surface area (TPSA) is 36.7 Å². The first-order chi connectivity index (χ1) is 12.0. The number of benzene rings is 1. The van der Waals surface area contributed by atoms with Gasteiger partial charge in [-0.1, -0.05) is 26.0 Å². The molecule has 1 fully saturated rings. The van der Waals surface area contributed by atoms with Crippen molar-refractivity contribution < 1.29 is 13.6 Å². The summed E-state index contributed by atoms with van der Waals surface area (Å²) in [4.78, 5) is 17.0. The molecule has 1 aliphatic rings. The van der Waals surface area contributed by atoms with Crippen LogP contribution in [-0.4, -0.2) is 34.8 Å². The Morgan fingerprint density at radius 2 is 1.96 bits per heavy atom. The lowest BCUT2D eigenvalue weighted by atomic mass is 10.0. The SMILES string of the molecule is CC(C)[C@H]1CN(Cc2ccco2)CCC(=O)N1Cc1ccc(F)cc1. The summed E-state index contributed by atoms with van der Waals surface area (Å²) >= 11 is 0. The summed E-state index contributed by atoms with van der Waals surface area (Å²) in [5, 5.41) is 0. The number of furan rings is 1. The number of nitrogens with zero attached hydrogens (tertiary/aromatic N) is 2.